The van der Waals surface area contributed by atoms with Crippen LogP contribution in [0.3, 0.4) is 0 Å². The lowest BCUT2D eigenvalue weighted by Crippen LogP contribution is -2.38. The Morgan fingerprint density at radius 2 is 2.21 bits per heavy atom. The topological polar surface area (TPSA) is 85.9 Å². The summed E-state index contributed by atoms with van der Waals surface area (Å²) in [6, 6.07) is 11.3. The van der Waals surface area contributed by atoms with Gasteiger partial charge in [0.1, 0.15) is 12.9 Å². The first-order valence-electron chi connectivity index (χ1n) is 8.80. The van der Waals surface area contributed by atoms with Crippen LogP contribution in [-0.2, 0) is 4.84 Å². The van der Waals surface area contributed by atoms with Crippen LogP contribution in [0.15, 0.2) is 41.6 Å². The van der Waals surface area contributed by atoms with E-state index in [2.05, 4.69) is 11.2 Å². The van der Waals surface area contributed by atoms with Crippen molar-refractivity contribution in [2.24, 2.45) is 5.16 Å². The Morgan fingerprint density at radius 1 is 1.43 bits per heavy atom. The van der Waals surface area contributed by atoms with Gasteiger partial charge in [0.05, 0.1) is 42.1 Å². The fraction of sp³-hybridized carbons (Fsp3) is 0.286. The molecule has 2 aromatic carbocycles. The molecule has 1 atom stereocenters. The van der Waals surface area contributed by atoms with E-state index < -0.39 is 17.8 Å². The van der Waals surface area contributed by atoms with Crippen LogP contribution in [0, 0.1) is 24.1 Å². The Labute approximate surface area is 162 Å². The second kappa shape index (κ2) is 8.19. The minimum absolute atomic E-state index is 0.0741. The van der Waals surface area contributed by atoms with E-state index >= 15 is 0 Å². The Morgan fingerprint density at radius 3 is 2.86 bits per heavy atom. The van der Waals surface area contributed by atoms with Gasteiger partial charge in [0, 0.05) is 6.42 Å². The van der Waals surface area contributed by atoms with E-state index in [0.29, 0.717) is 23.3 Å². The first-order chi connectivity index (χ1) is 13.5. The molecule has 1 heterocycles. The van der Waals surface area contributed by atoms with Crippen LogP contribution in [0.5, 0.6) is 0 Å². The highest BCUT2D eigenvalue weighted by atomic mass is 19.1. The molecule has 1 aliphatic rings. The highest BCUT2D eigenvalue weighted by molar-refractivity contribution is 6.01. The summed E-state index contributed by atoms with van der Waals surface area (Å²) in [4.78, 5) is 19.0. The summed E-state index contributed by atoms with van der Waals surface area (Å²) >= 11 is 0. The van der Waals surface area contributed by atoms with Crippen molar-refractivity contribution < 1.29 is 19.1 Å². The second-order valence-electron chi connectivity index (χ2n) is 6.60. The van der Waals surface area contributed by atoms with Crippen LogP contribution >= 0.6 is 0 Å². The average molecular weight is 381 g/mol. The van der Waals surface area contributed by atoms with Gasteiger partial charge in [0.2, 0.25) is 0 Å². The minimum Gasteiger partial charge on any atom is -0.399 e. The van der Waals surface area contributed by atoms with Crippen molar-refractivity contribution in [3.05, 3.63) is 58.9 Å². The molecule has 1 fully saturated rings. The number of benzene rings is 2. The SMILES string of the molecule is CO/N=C1\C[C@@H](CO)N(C(=O)c2ccc(-c3cccc(C#N)c3C)cc2F)C1. The second-order valence-corrected chi connectivity index (χ2v) is 6.60. The molecule has 1 N–H and O–H groups in total. The molecule has 6 nitrogen and oxygen atoms in total. The molecule has 7 heteroatoms. The summed E-state index contributed by atoms with van der Waals surface area (Å²) in [5.41, 5.74) is 3.15. The molecule has 1 aliphatic heterocycles. The van der Waals surface area contributed by atoms with Crippen LogP contribution in [-0.4, -0.2) is 47.9 Å². The zero-order valence-electron chi connectivity index (χ0n) is 15.6. The van der Waals surface area contributed by atoms with E-state index in [-0.39, 0.29) is 18.7 Å². The van der Waals surface area contributed by atoms with E-state index in [9.17, 15) is 19.6 Å². The summed E-state index contributed by atoms with van der Waals surface area (Å²) in [5.74, 6) is -1.16. The summed E-state index contributed by atoms with van der Waals surface area (Å²) in [7, 11) is 1.41. The lowest BCUT2D eigenvalue weighted by Gasteiger charge is -2.22. The highest BCUT2D eigenvalue weighted by Gasteiger charge is 2.34. The van der Waals surface area contributed by atoms with Crippen molar-refractivity contribution in [1.29, 1.82) is 5.26 Å². The lowest BCUT2D eigenvalue weighted by atomic mass is 9.96. The third-order valence-electron chi connectivity index (χ3n) is 4.92. The van der Waals surface area contributed by atoms with E-state index in [1.807, 2.05) is 6.07 Å². The van der Waals surface area contributed by atoms with Crippen LogP contribution in [0.25, 0.3) is 11.1 Å². The zero-order chi connectivity index (χ0) is 20.3. The number of nitriles is 1. The van der Waals surface area contributed by atoms with Gasteiger partial charge >= 0.3 is 0 Å². The third-order valence-corrected chi connectivity index (χ3v) is 4.92. The number of carbonyl (C=O) groups excluding carboxylic acids is 1. The number of aliphatic hydroxyl groups is 1. The molecule has 0 saturated carbocycles. The largest absolute Gasteiger partial charge is 0.399 e. The maximum atomic E-state index is 14.8. The van der Waals surface area contributed by atoms with Crippen LogP contribution in [0.2, 0.25) is 0 Å². The molecule has 2 aromatic rings. The Hall–Kier alpha value is -3.24. The minimum atomic E-state index is -0.655. The predicted octanol–water partition coefficient (Wildman–Crippen LogP) is 2.88. The van der Waals surface area contributed by atoms with Gasteiger partial charge in [-0.3, -0.25) is 4.79 Å². The van der Waals surface area contributed by atoms with Gasteiger partial charge in [-0.2, -0.15) is 5.26 Å². The van der Waals surface area contributed by atoms with Crippen LogP contribution in [0.1, 0.15) is 27.9 Å². The number of aliphatic hydroxyl groups excluding tert-OH is 1. The molecule has 28 heavy (non-hydrogen) atoms. The summed E-state index contributed by atoms with van der Waals surface area (Å²) in [6.45, 7) is 1.74. The van der Waals surface area contributed by atoms with E-state index in [1.54, 1.807) is 25.1 Å². The van der Waals surface area contributed by atoms with Gasteiger partial charge in [0.15, 0.2) is 0 Å². The van der Waals surface area contributed by atoms with Crippen molar-refractivity contribution in [2.75, 3.05) is 20.3 Å². The Kier molecular flexibility index (Phi) is 5.71. The van der Waals surface area contributed by atoms with Gasteiger partial charge in [-0.05, 0) is 41.8 Å². The zero-order valence-corrected chi connectivity index (χ0v) is 15.6. The normalized spacial score (nSPS) is 17.6. The van der Waals surface area contributed by atoms with Crippen molar-refractivity contribution in [2.45, 2.75) is 19.4 Å². The molecule has 0 radical (unpaired) electrons. The van der Waals surface area contributed by atoms with Gasteiger partial charge < -0.3 is 14.8 Å². The van der Waals surface area contributed by atoms with Gasteiger partial charge in [0.25, 0.3) is 5.91 Å². The maximum absolute atomic E-state index is 14.8. The number of hydrogen-bond donors (Lipinski definition) is 1. The average Bonchev–Trinajstić information content (AvgIpc) is 3.11. The lowest BCUT2D eigenvalue weighted by molar-refractivity contribution is 0.0675. The van der Waals surface area contributed by atoms with Gasteiger partial charge in [-0.1, -0.05) is 23.4 Å². The summed E-state index contributed by atoms with van der Waals surface area (Å²) in [6.07, 6.45) is 0.385. The highest BCUT2D eigenvalue weighted by Crippen LogP contribution is 2.28. The van der Waals surface area contributed by atoms with Gasteiger partial charge in [-0.15, -0.1) is 0 Å². The molecule has 0 bridgehead atoms. The van der Waals surface area contributed by atoms with Crippen molar-refractivity contribution >= 4 is 11.6 Å². The molecule has 1 saturated heterocycles. The quantitative estimate of drug-likeness (QED) is 0.825. The molecule has 3 rings (SSSR count). The Bertz CT molecular complexity index is 981. The van der Waals surface area contributed by atoms with Crippen molar-refractivity contribution in [3.63, 3.8) is 0 Å². The molecule has 1 amide bonds. The monoisotopic (exact) mass is 381 g/mol. The third kappa shape index (κ3) is 3.59. The standard InChI is InChI=1S/C21H20FN3O3/c1-13-15(10-23)4-3-5-18(13)14-6-7-19(20(22)8-14)21(27)25-11-16(24-28-2)9-17(25)12-26/h3-8,17,26H,9,11-12H2,1-2H3/b24-16+/t17-/m0/s1. The number of halogens is 1. The number of rotatable bonds is 4. The van der Waals surface area contributed by atoms with Crippen LogP contribution < -0.4 is 0 Å². The molecule has 0 aromatic heterocycles. The fourth-order valence-corrected chi connectivity index (χ4v) is 3.45. The number of likely N-dealkylation sites (tertiary alicyclic amines) is 1. The summed E-state index contributed by atoms with van der Waals surface area (Å²) < 4.78 is 14.8. The van der Waals surface area contributed by atoms with Crippen LogP contribution in [0.4, 0.5) is 4.39 Å². The predicted molar refractivity (Wildman–Crippen MR) is 102 cm³/mol. The summed E-state index contributed by atoms with van der Waals surface area (Å²) in [5, 5.41) is 22.6. The Balaban J connectivity index is 1.92. The first kappa shape index (κ1) is 19.5. The number of oxime groups is 1. The molecule has 0 spiro atoms. The number of carbonyl (C=O) groups is 1. The molecule has 144 valence electrons. The molecule has 0 aliphatic carbocycles. The molecular formula is C21H20FN3O3. The number of hydrogen-bond acceptors (Lipinski definition) is 5. The van der Waals surface area contributed by atoms with Crippen molar-refractivity contribution in [1.82, 2.24) is 4.90 Å². The maximum Gasteiger partial charge on any atom is 0.257 e. The smallest absolute Gasteiger partial charge is 0.257 e. The first-order valence-corrected chi connectivity index (χ1v) is 8.80. The number of nitrogens with zero attached hydrogens (tertiary/aromatic N) is 3. The van der Waals surface area contributed by atoms with Gasteiger partial charge in [-0.25, -0.2) is 4.39 Å². The molecular weight excluding hydrogens is 361 g/mol. The van der Waals surface area contributed by atoms with E-state index in [0.717, 1.165) is 11.1 Å². The van der Waals surface area contributed by atoms with E-state index in [4.69, 9.17) is 4.84 Å². The molecule has 0 unspecified atom stereocenters. The number of amides is 1. The fourth-order valence-electron chi connectivity index (χ4n) is 3.45. The van der Waals surface area contributed by atoms with E-state index in [1.165, 1.54) is 24.1 Å². The van der Waals surface area contributed by atoms with Crippen molar-refractivity contribution in [3.8, 4) is 17.2 Å².